The van der Waals surface area contributed by atoms with E-state index < -0.39 is 11.9 Å². The van der Waals surface area contributed by atoms with Crippen molar-refractivity contribution in [3.05, 3.63) is 83.4 Å². The molecule has 1 aliphatic heterocycles. The van der Waals surface area contributed by atoms with E-state index in [-0.39, 0.29) is 18.9 Å². The highest BCUT2D eigenvalue weighted by atomic mass is 32.2. The fraction of sp³-hybridized carbons (Fsp3) is 0.179. The Kier molecular flexibility index (Phi) is 10.2. The Balaban J connectivity index is 0.000000983. The van der Waals surface area contributed by atoms with Crippen LogP contribution in [-0.4, -0.2) is 60.2 Å². The minimum Gasteiger partial charge on any atom is -0.490 e. The number of rotatable bonds is 9. The van der Waals surface area contributed by atoms with Crippen LogP contribution in [0.25, 0.3) is 23.0 Å². The van der Waals surface area contributed by atoms with Crippen LogP contribution in [0.15, 0.2) is 72.3 Å². The van der Waals surface area contributed by atoms with E-state index in [1.54, 1.807) is 16.8 Å². The van der Waals surface area contributed by atoms with E-state index in [1.165, 1.54) is 4.90 Å². The number of aromatic nitrogens is 2. The zero-order valence-corrected chi connectivity index (χ0v) is 23.0. The van der Waals surface area contributed by atoms with Crippen molar-refractivity contribution >= 4 is 52.2 Å². The van der Waals surface area contributed by atoms with Crippen LogP contribution in [0.2, 0.25) is 0 Å². The van der Waals surface area contributed by atoms with Gasteiger partial charge in [-0.25, -0.2) is 4.68 Å². The van der Waals surface area contributed by atoms with Gasteiger partial charge in [0.2, 0.25) is 0 Å². The monoisotopic (exact) mass is 565 g/mol. The predicted octanol–water partition coefficient (Wildman–Crippen LogP) is 5.18. The number of carboxylic acids is 2. The predicted molar refractivity (Wildman–Crippen MR) is 155 cm³/mol. The van der Waals surface area contributed by atoms with E-state index >= 15 is 0 Å². The maximum absolute atomic E-state index is 13.0. The molecule has 9 nitrogen and oxygen atoms in total. The van der Waals surface area contributed by atoms with E-state index in [0.717, 1.165) is 46.8 Å². The number of nitrogens with zero attached hydrogens (tertiary/aromatic N) is 3. The molecule has 1 amide bonds. The molecular weight excluding hydrogens is 538 g/mol. The molecule has 3 aromatic rings. The van der Waals surface area contributed by atoms with Crippen molar-refractivity contribution in [2.45, 2.75) is 20.3 Å². The number of aryl methyl sites for hydroxylation is 1. The molecule has 1 fully saturated rings. The third kappa shape index (κ3) is 7.88. The summed E-state index contributed by atoms with van der Waals surface area (Å²) in [5.74, 6) is -1.38. The summed E-state index contributed by atoms with van der Waals surface area (Å²) in [6.07, 6.45) is 5.16. The van der Waals surface area contributed by atoms with Crippen molar-refractivity contribution < 1.29 is 29.3 Å². The SMILES string of the molecule is C=CCOc1ccc(-c2nn(-c3ccccc3)cc2C=C2SC(=S)N(CCC(=O)O)C2=O)c(C)c1.CC(=O)O. The van der Waals surface area contributed by atoms with Crippen LogP contribution in [0.4, 0.5) is 0 Å². The zero-order chi connectivity index (χ0) is 28.5. The molecule has 0 atom stereocenters. The molecule has 0 radical (unpaired) electrons. The molecule has 0 bridgehead atoms. The van der Waals surface area contributed by atoms with Gasteiger partial charge in [-0.05, 0) is 48.9 Å². The molecule has 0 aliphatic carbocycles. The molecule has 2 aromatic carbocycles. The van der Waals surface area contributed by atoms with Crippen molar-refractivity contribution in [3.63, 3.8) is 0 Å². The second kappa shape index (κ2) is 13.5. The average Bonchev–Trinajstić information content (AvgIpc) is 3.42. The first-order valence-corrected chi connectivity index (χ1v) is 13.0. The van der Waals surface area contributed by atoms with Gasteiger partial charge in [0.15, 0.2) is 0 Å². The van der Waals surface area contributed by atoms with Gasteiger partial charge < -0.3 is 14.9 Å². The molecular formula is C28H27N3O6S2. The number of thiocarbonyl (C=S) groups is 1. The maximum Gasteiger partial charge on any atom is 0.305 e. The van der Waals surface area contributed by atoms with E-state index in [4.69, 9.17) is 37.1 Å². The molecule has 11 heteroatoms. The number of carboxylic acid groups (broad SMARTS) is 2. The molecule has 1 saturated heterocycles. The lowest BCUT2D eigenvalue weighted by Gasteiger charge is -2.12. The number of ether oxygens (including phenoxy) is 1. The Morgan fingerprint density at radius 2 is 1.87 bits per heavy atom. The molecule has 2 N–H and O–H groups in total. The Morgan fingerprint density at radius 3 is 2.49 bits per heavy atom. The van der Waals surface area contributed by atoms with Crippen molar-refractivity contribution in [2.24, 2.45) is 0 Å². The van der Waals surface area contributed by atoms with Crippen molar-refractivity contribution in [1.29, 1.82) is 0 Å². The fourth-order valence-electron chi connectivity index (χ4n) is 3.60. The third-order valence-corrected chi connectivity index (χ3v) is 6.67. The average molecular weight is 566 g/mol. The van der Waals surface area contributed by atoms with Gasteiger partial charge in [0.25, 0.3) is 11.9 Å². The van der Waals surface area contributed by atoms with E-state index in [1.807, 2.05) is 61.7 Å². The number of hydrogen-bond acceptors (Lipinski definition) is 7. The highest BCUT2D eigenvalue weighted by Crippen LogP contribution is 2.36. The summed E-state index contributed by atoms with van der Waals surface area (Å²) >= 11 is 6.50. The minimum absolute atomic E-state index is 0.0404. The summed E-state index contributed by atoms with van der Waals surface area (Å²) in [6, 6.07) is 15.5. The second-order valence-corrected chi connectivity index (χ2v) is 9.96. The Hall–Kier alpha value is -4.22. The van der Waals surface area contributed by atoms with Gasteiger partial charge in [0, 0.05) is 30.8 Å². The van der Waals surface area contributed by atoms with Gasteiger partial charge in [-0.1, -0.05) is 54.8 Å². The molecule has 1 aliphatic rings. The van der Waals surface area contributed by atoms with E-state index in [9.17, 15) is 9.59 Å². The standard InChI is InChI=1S/C26H23N3O4S2.C2H4O2/c1-3-13-33-20-9-10-21(17(2)14-20)24-18(16-29(27-24)19-7-5-4-6-8-19)15-22-25(32)28(26(34)35-22)12-11-23(30)31;1-2(3)4/h3-10,14-16H,1,11-13H2,2H3,(H,30,31);1H3,(H,3,4). The van der Waals surface area contributed by atoms with Crippen LogP contribution in [0.5, 0.6) is 5.75 Å². The number of amides is 1. The summed E-state index contributed by atoms with van der Waals surface area (Å²) in [7, 11) is 0. The Morgan fingerprint density at radius 1 is 1.18 bits per heavy atom. The topological polar surface area (TPSA) is 122 Å². The molecule has 2 heterocycles. The number of carbonyl (C=O) groups excluding carboxylic acids is 1. The van der Waals surface area contributed by atoms with Crippen molar-refractivity contribution in [2.75, 3.05) is 13.2 Å². The molecule has 0 spiro atoms. The number of benzene rings is 2. The van der Waals surface area contributed by atoms with Crippen LogP contribution >= 0.6 is 24.0 Å². The molecule has 1 aromatic heterocycles. The number of aliphatic carboxylic acids is 2. The van der Waals surface area contributed by atoms with Crippen molar-refractivity contribution in [1.82, 2.24) is 14.7 Å². The summed E-state index contributed by atoms with van der Waals surface area (Å²) in [5.41, 5.74) is 4.20. The van der Waals surface area contributed by atoms with Gasteiger partial charge >= 0.3 is 5.97 Å². The van der Waals surface area contributed by atoms with Gasteiger partial charge in [-0.2, -0.15) is 5.10 Å². The maximum atomic E-state index is 13.0. The van der Waals surface area contributed by atoms with Crippen LogP contribution in [-0.2, 0) is 14.4 Å². The van der Waals surface area contributed by atoms with Crippen molar-refractivity contribution in [3.8, 4) is 22.7 Å². The highest BCUT2D eigenvalue weighted by Gasteiger charge is 2.32. The lowest BCUT2D eigenvalue weighted by molar-refractivity contribution is -0.137. The Labute approximate surface area is 235 Å². The number of hydrogen-bond donors (Lipinski definition) is 2. The van der Waals surface area contributed by atoms with E-state index in [2.05, 4.69) is 6.58 Å². The summed E-state index contributed by atoms with van der Waals surface area (Å²) in [6.45, 7) is 7.19. The molecule has 4 rings (SSSR count). The first kappa shape index (κ1) is 29.3. The summed E-state index contributed by atoms with van der Waals surface area (Å²) in [5, 5.41) is 21.2. The first-order valence-electron chi connectivity index (χ1n) is 11.8. The molecule has 39 heavy (non-hydrogen) atoms. The zero-order valence-electron chi connectivity index (χ0n) is 21.4. The summed E-state index contributed by atoms with van der Waals surface area (Å²) < 4.78 is 7.77. The number of carbonyl (C=O) groups is 3. The van der Waals surface area contributed by atoms with Crippen LogP contribution in [0, 0.1) is 6.92 Å². The minimum atomic E-state index is -0.981. The van der Waals surface area contributed by atoms with Crippen LogP contribution in [0.1, 0.15) is 24.5 Å². The Bertz CT molecular complexity index is 1430. The number of thioether (sulfide) groups is 1. The highest BCUT2D eigenvalue weighted by molar-refractivity contribution is 8.26. The van der Waals surface area contributed by atoms with Gasteiger partial charge in [0.1, 0.15) is 22.4 Å². The van der Waals surface area contributed by atoms with Crippen LogP contribution in [0.3, 0.4) is 0 Å². The van der Waals surface area contributed by atoms with Gasteiger partial charge in [-0.3, -0.25) is 19.3 Å². The lowest BCUT2D eigenvalue weighted by atomic mass is 10.0. The van der Waals surface area contributed by atoms with Crippen LogP contribution < -0.4 is 4.74 Å². The molecule has 0 saturated carbocycles. The third-order valence-electron chi connectivity index (χ3n) is 5.29. The second-order valence-electron chi connectivity index (χ2n) is 8.29. The van der Waals surface area contributed by atoms with Gasteiger partial charge in [-0.15, -0.1) is 0 Å². The van der Waals surface area contributed by atoms with E-state index in [0.29, 0.717) is 21.5 Å². The fourth-order valence-corrected chi connectivity index (χ4v) is 4.90. The lowest BCUT2D eigenvalue weighted by Crippen LogP contribution is -2.30. The molecule has 202 valence electrons. The summed E-state index contributed by atoms with van der Waals surface area (Å²) in [4.78, 5) is 34.7. The molecule has 0 unspecified atom stereocenters. The first-order chi connectivity index (χ1) is 18.6. The smallest absolute Gasteiger partial charge is 0.305 e. The largest absolute Gasteiger partial charge is 0.490 e. The van der Waals surface area contributed by atoms with Gasteiger partial charge in [0.05, 0.1) is 17.0 Å². The normalized spacial score (nSPS) is 13.7. The number of para-hydroxylation sites is 1. The quantitative estimate of drug-likeness (QED) is 0.205.